The molecule has 7 nitrogen and oxygen atoms in total. The van der Waals surface area contributed by atoms with Gasteiger partial charge in [0.15, 0.2) is 5.13 Å². The van der Waals surface area contributed by atoms with Gasteiger partial charge in [-0.3, -0.25) is 4.79 Å². The van der Waals surface area contributed by atoms with E-state index in [-0.39, 0.29) is 17.4 Å². The predicted molar refractivity (Wildman–Crippen MR) is 171 cm³/mol. The summed E-state index contributed by atoms with van der Waals surface area (Å²) in [5.41, 5.74) is 1.61. The number of thiazole rings is 1. The van der Waals surface area contributed by atoms with Crippen molar-refractivity contribution >= 4 is 55.5 Å². The number of halogens is 1. The van der Waals surface area contributed by atoms with Gasteiger partial charge in [-0.15, -0.1) is 11.3 Å². The molecule has 0 unspecified atom stereocenters. The van der Waals surface area contributed by atoms with E-state index < -0.39 is 6.04 Å². The minimum absolute atomic E-state index is 0.0339. The van der Waals surface area contributed by atoms with Gasteiger partial charge in [0, 0.05) is 39.7 Å². The fraction of sp³-hybridized carbons (Fsp3) is 0.303. The molecule has 216 valence electrons. The van der Waals surface area contributed by atoms with E-state index >= 15 is 0 Å². The van der Waals surface area contributed by atoms with E-state index in [0.29, 0.717) is 36.2 Å². The molecule has 1 N–H and O–H groups in total. The van der Waals surface area contributed by atoms with Crippen molar-refractivity contribution in [2.45, 2.75) is 39.3 Å². The van der Waals surface area contributed by atoms with Crippen molar-refractivity contribution in [3.05, 3.63) is 77.3 Å². The van der Waals surface area contributed by atoms with Crippen LogP contribution in [0.5, 0.6) is 11.6 Å². The summed E-state index contributed by atoms with van der Waals surface area (Å²) in [5, 5.41) is 10.8. The maximum Gasteiger partial charge on any atom is 0.245 e. The highest BCUT2D eigenvalue weighted by molar-refractivity contribution is 7.14. The Labute approximate surface area is 254 Å². The molecule has 3 aromatic carbocycles. The minimum Gasteiger partial charge on any atom is -0.494 e. The summed E-state index contributed by atoms with van der Waals surface area (Å²) < 4.78 is 11.8. The molecular formula is C33H33ClN4O3S. The van der Waals surface area contributed by atoms with E-state index in [0.717, 1.165) is 27.2 Å². The molecular weight excluding hydrogens is 568 g/mol. The van der Waals surface area contributed by atoms with Gasteiger partial charge in [0.05, 0.1) is 25.5 Å². The Balaban J connectivity index is 1.17. The lowest BCUT2D eigenvalue weighted by Crippen LogP contribution is -2.49. The van der Waals surface area contributed by atoms with Crippen LogP contribution in [0.4, 0.5) is 5.13 Å². The van der Waals surface area contributed by atoms with Crippen LogP contribution < -0.4 is 14.8 Å². The molecule has 0 spiro atoms. The molecule has 5 aromatic rings. The Morgan fingerprint density at radius 2 is 1.90 bits per heavy atom. The number of benzene rings is 3. The normalized spacial score (nSPS) is 16.1. The zero-order chi connectivity index (χ0) is 29.4. The Morgan fingerprint density at radius 3 is 2.69 bits per heavy atom. The number of nitrogens with zero attached hydrogens (tertiary/aromatic N) is 3. The van der Waals surface area contributed by atoms with Gasteiger partial charge in [0.2, 0.25) is 11.8 Å². The molecule has 1 aliphatic rings. The summed E-state index contributed by atoms with van der Waals surface area (Å²) in [4.78, 5) is 25.1. The highest BCUT2D eigenvalue weighted by Gasteiger charge is 2.38. The average molecular weight is 601 g/mol. The van der Waals surface area contributed by atoms with E-state index in [2.05, 4.69) is 61.4 Å². The number of ether oxygens (including phenoxy) is 2. The number of carbonyl (C=O) groups excluding carboxylic acids is 1. The Bertz CT molecular complexity index is 1770. The van der Waals surface area contributed by atoms with Crippen molar-refractivity contribution < 1.29 is 14.3 Å². The molecule has 1 saturated heterocycles. The smallest absolute Gasteiger partial charge is 0.245 e. The first-order chi connectivity index (χ1) is 20.2. The van der Waals surface area contributed by atoms with Crippen LogP contribution in [0.2, 0.25) is 5.02 Å². The van der Waals surface area contributed by atoms with Gasteiger partial charge < -0.3 is 19.7 Å². The third-order valence-corrected chi connectivity index (χ3v) is 8.67. The number of hydrogen-bond acceptors (Lipinski definition) is 7. The van der Waals surface area contributed by atoms with Crippen molar-refractivity contribution in [1.82, 2.24) is 14.9 Å². The number of methoxy groups -OCH3 is 1. The molecule has 1 amide bonds. The second-order valence-electron chi connectivity index (χ2n) is 11.7. The number of aromatic nitrogens is 2. The first kappa shape index (κ1) is 28.2. The number of pyridine rings is 1. The molecule has 3 heterocycles. The molecule has 9 heteroatoms. The molecule has 6 rings (SSSR count). The summed E-state index contributed by atoms with van der Waals surface area (Å²) in [6.07, 6.45) is 2.18. The average Bonchev–Trinajstić information content (AvgIpc) is 3.65. The monoisotopic (exact) mass is 600 g/mol. The predicted octanol–water partition coefficient (Wildman–Crippen LogP) is 7.68. The number of hydrogen-bond donors (Lipinski definition) is 1. The largest absolute Gasteiger partial charge is 0.494 e. The fourth-order valence-electron chi connectivity index (χ4n) is 5.38. The minimum atomic E-state index is -0.453. The second kappa shape index (κ2) is 11.4. The molecule has 0 radical (unpaired) electrons. The summed E-state index contributed by atoms with van der Waals surface area (Å²) in [6, 6.07) is 19.7. The summed E-state index contributed by atoms with van der Waals surface area (Å²) in [7, 11) is 1.61. The zero-order valence-corrected chi connectivity index (χ0v) is 25.6. The molecule has 1 aliphatic heterocycles. The lowest BCUT2D eigenvalue weighted by molar-refractivity contribution is -0.133. The number of nitrogens with one attached hydrogen (secondary N) is 1. The Morgan fingerprint density at radius 1 is 1.10 bits per heavy atom. The number of carbonyl (C=O) groups is 1. The van der Waals surface area contributed by atoms with E-state index in [1.165, 1.54) is 22.1 Å². The number of fused-ring (bicyclic) bond motifs is 2. The van der Waals surface area contributed by atoms with Gasteiger partial charge in [-0.25, -0.2) is 9.97 Å². The van der Waals surface area contributed by atoms with Crippen LogP contribution in [0.1, 0.15) is 27.2 Å². The van der Waals surface area contributed by atoms with Crippen LogP contribution in [0, 0.1) is 5.41 Å². The molecule has 1 fully saturated rings. The van der Waals surface area contributed by atoms with E-state index in [1.54, 1.807) is 13.3 Å². The Kier molecular flexibility index (Phi) is 7.68. The molecule has 42 heavy (non-hydrogen) atoms. The second-order valence-corrected chi connectivity index (χ2v) is 13.0. The number of amides is 1. The number of anilines is 1. The fourth-order valence-corrected chi connectivity index (χ4v) is 6.30. The van der Waals surface area contributed by atoms with Gasteiger partial charge in [-0.05, 0) is 40.5 Å². The topological polar surface area (TPSA) is 76.6 Å². The highest BCUT2D eigenvalue weighted by atomic mass is 35.5. The summed E-state index contributed by atoms with van der Waals surface area (Å²) in [6.45, 7) is 7.29. The van der Waals surface area contributed by atoms with Crippen LogP contribution in [0.15, 0.2) is 72.2 Å². The summed E-state index contributed by atoms with van der Waals surface area (Å²) >= 11 is 7.80. The maximum atomic E-state index is 13.9. The third kappa shape index (κ3) is 5.74. The standard InChI is InChI=1S/C33H33ClN4O3S/c1-33(2,3)29(37-32-36-27(19-42-32)22-10-9-20-7-5-6-8-21(20)15-22)31(39)38-14-13-24(18-38)41-30-26-16-23(34)11-12-25(26)28(40-4)17-35-30/h5-12,15-17,19,24,29H,13-14,18H2,1-4H3,(H,36,37)/t24-,29-/m1/s1. The molecule has 0 saturated carbocycles. The summed E-state index contributed by atoms with van der Waals surface area (Å²) in [5.74, 6) is 1.18. The van der Waals surface area contributed by atoms with E-state index in [1.807, 2.05) is 40.6 Å². The molecule has 0 aliphatic carbocycles. The molecule has 2 aromatic heterocycles. The SMILES string of the molecule is COc1cnc(O[C@@H]2CCN(C(=O)[C@@H](Nc3nc(-c4ccc5ccccc5c4)cs3)C(C)(C)C)C2)c2cc(Cl)ccc12. The zero-order valence-electron chi connectivity index (χ0n) is 24.1. The number of likely N-dealkylation sites (tertiary alicyclic amines) is 1. The van der Waals surface area contributed by atoms with Gasteiger partial charge in [-0.1, -0.05) is 68.8 Å². The lowest BCUT2D eigenvalue weighted by atomic mass is 9.86. The van der Waals surface area contributed by atoms with Crippen LogP contribution in [-0.2, 0) is 4.79 Å². The van der Waals surface area contributed by atoms with Gasteiger partial charge >= 0.3 is 0 Å². The van der Waals surface area contributed by atoms with Crippen molar-refractivity contribution in [3.8, 4) is 22.9 Å². The van der Waals surface area contributed by atoms with Crippen LogP contribution in [-0.4, -0.2) is 53.1 Å². The number of rotatable bonds is 7. The van der Waals surface area contributed by atoms with Crippen LogP contribution in [0.3, 0.4) is 0 Å². The van der Waals surface area contributed by atoms with Crippen molar-refractivity contribution in [3.63, 3.8) is 0 Å². The van der Waals surface area contributed by atoms with Crippen molar-refractivity contribution in [1.29, 1.82) is 0 Å². The first-order valence-electron chi connectivity index (χ1n) is 14.0. The van der Waals surface area contributed by atoms with Crippen molar-refractivity contribution in [2.24, 2.45) is 5.41 Å². The van der Waals surface area contributed by atoms with Gasteiger partial charge in [0.25, 0.3) is 0 Å². The van der Waals surface area contributed by atoms with Crippen molar-refractivity contribution in [2.75, 3.05) is 25.5 Å². The highest BCUT2D eigenvalue weighted by Crippen LogP contribution is 2.35. The van der Waals surface area contributed by atoms with Gasteiger partial charge in [0.1, 0.15) is 17.9 Å². The third-order valence-electron chi connectivity index (χ3n) is 7.66. The molecule has 0 bridgehead atoms. The van der Waals surface area contributed by atoms with E-state index in [9.17, 15) is 4.79 Å². The first-order valence-corrected chi connectivity index (χ1v) is 15.2. The maximum absolute atomic E-state index is 13.9. The van der Waals surface area contributed by atoms with Gasteiger partial charge in [-0.2, -0.15) is 0 Å². The quantitative estimate of drug-likeness (QED) is 0.206. The van der Waals surface area contributed by atoms with E-state index in [4.69, 9.17) is 26.1 Å². The van der Waals surface area contributed by atoms with Crippen LogP contribution >= 0.6 is 22.9 Å². The van der Waals surface area contributed by atoms with Crippen LogP contribution in [0.25, 0.3) is 32.8 Å². The Hall–Kier alpha value is -3.88. The lowest BCUT2D eigenvalue weighted by Gasteiger charge is -2.33. The molecule has 2 atom stereocenters.